The molecule has 0 aliphatic heterocycles. The fourth-order valence-electron chi connectivity index (χ4n) is 2.41. The zero-order chi connectivity index (χ0) is 16.9. The summed E-state index contributed by atoms with van der Waals surface area (Å²) < 4.78 is 5.13. The third-order valence-corrected chi connectivity index (χ3v) is 3.66. The molecule has 1 unspecified atom stereocenters. The lowest BCUT2D eigenvalue weighted by Gasteiger charge is -2.08. The van der Waals surface area contributed by atoms with E-state index in [1.54, 1.807) is 43.6 Å². The van der Waals surface area contributed by atoms with Crippen LogP contribution in [-0.2, 0) is 0 Å². The molecule has 0 spiro atoms. The van der Waals surface area contributed by atoms with E-state index >= 15 is 0 Å². The van der Waals surface area contributed by atoms with E-state index in [1.807, 2.05) is 18.2 Å². The quantitative estimate of drug-likeness (QED) is 0.730. The highest BCUT2D eigenvalue weighted by atomic mass is 16.5. The van der Waals surface area contributed by atoms with Gasteiger partial charge in [-0.3, -0.25) is 14.9 Å². The van der Waals surface area contributed by atoms with E-state index in [2.05, 4.69) is 15.2 Å². The number of hydrogen-bond acceptors (Lipinski definition) is 5. The van der Waals surface area contributed by atoms with E-state index in [9.17, 15) is 10.1 Å². The lowest BCUT2D eigenvalue weighted by molar-refractivity contribution is 0.0978. The Kier molecular flexibility index (Phi) is 4.34. The van der Waals surface area contributed by atoms with Crippen molar-refractivity contribution in [3.8, 4) is 23.1 Å². The number of H-pyrrole nitrogens is 1. The predicted molar refractivity (Wildman–Crippen MR) is 87.5 cm³/mol. The Morgan fingerprint density at radius 2 is 2.04 bits per heavy atom. The van der Waals surface area contributed by atoms with Gasteiger partial charge in [0.15, 0.2) is 11.7 Å². The molecule has 0 radical (unpaired) electrons. The molecule has 0 fully saturated rings. The Morgan fingerprint density at radius 1 is 1.25 bits per heavy atom. The highest BCUT2D eigenvalue weighted by molar-refractivity contribution is 6.06. The summed E-state index contributed by atoms with van der Waals surface area (Å²) in [6.07, 6.45) is 3.00. The molecule has 6 nitrogen and oxygen atoms in total. The normalized spacial score (nSPS) is 11.5. The van der Waals surface area contributed by atoms with Crippen molar-refractivity contribution in [1.82, 2.24) is 15.2 Å². The number of pyridine rings is 1. The summed E-state index contributed by atoms with van der Waals surface area (Å²) in [5.41, 5.74) is 2.14. The Bertz CT molecular complexity index is 879. The van der Waals surface area contributed by atoms with Crippen LogP contribution in [-0.4, -0.2) is 28.1 Å². The largest absolute Gasteiger partial charge is 0.497 e. The number of nitrogens with one attached hydrogen (secondary N) is 1. The number of ether oxygens (including phenoxy) is 1. The van der Waals surface area contributed by atoms with Crippen molar-refractivity contribution in [1.29, 1.82) is 5.26 Å². The van der Waals surface area contributed by atoms with E-state index in [0.717, 1.165) is 11.3 Å². The SMILES string of the molecule is COc1ccc(-c2[nH]ncc2C(=O)C(C#N)c2ccccn2)cc1. The summed E-state index contributed by atoms with van der Waals surface area (Å²) in [5, 5.41) is 16.2. The smallest absolute Gasteiger partial charge is 0.189 e. The maximum absolute atomic E-state index is 12.8. The minimum absolute atomic E-state index is 0.337. The molecule has 24 heavy (non-hydrogen) atoms. The summed E-state index contributed by atoms with van der Waals surface area (Å²) in [7, 11) is 1.59. The number of carbonyl (C=O) groups excluding carboxylic acids is 1. The number of hydrogen-bond donors (Lipinski definition) is 1. The van der Waals surface area contributed by atoms with Crippen LogP contribution >= 0.6 is 0 Å². The van der Waals surface area contributed by atoms with Gasteiger partial charge in [-0.2, -0.15) is 10.4 Å². The molecule has 0 saturated carbocycles. The number of benzene rings is 1. The topological polar surface area (TPSA) is 91.7 Å². The minimum Gasteiger partial charge on any atom is -0.497 e. The molecule has 0 aliphatic rings. The Morgan fingerprint density at radius 3 is 2.67 bits per heavy atom. The second kappa shape index (κ2) is 6.75. The number of rotatable bonds is 5. The summed E-state index contributed by atoms with van der Waals surface area (Å²) >= 11 is 0. The fraction of sp³-hybridized carbons (Fsp3) is 0.111. The first-order valence-corrected chi connectivity index (χ1v) is 7.27. The number of ketones is 1. The summed E-state index contributed by atoms with van der Waals surface area (Å²) in [4.78, 5) is 16.9. The van der Waals surface area contributed by atoms with Crippen molar-refractivity contribution in [2.75, 3.05) is 7.11 Å². The number of aromatic nitrogens is 3. The van der Waals surface area contributed by atoms with Crippen LogP contribution in [0.5, 0.6) is 5.75 Å². The van der Waals surface area contributed by atoms with Gasteiger partial charge in [-0.1, -0.05) is 6.07 Å². The zero-order valence-corrected chi connectivity index (χ0v) is 12.9. The van der Waals surface area contributed by atoms with Crippen LogP contribution in [0.4, 0.5) is 0 Å². The first kappa shape index (κ1) is 15.4. The van der Waals surface area contributed by atoms with E-state index in [-0.39, 0.29) is 5.78 Å². The average Bonchev–Trinajstić information content (AvgIpc) is 3.13. The molecule has 1 N–H and O–H groups in total. The van der Waals surface area contributed by atoms with Gasteiger partial charge in [0.05, 0.1) is 36.3 Å². The molecular formula is C18H14N4O2. The highest BCUT2D eigenvalue weighted by Crippen LogP contribution is 2.27. The molecule has 0 bridgehead atoms. The van der Waals surface area contributed by atoms with Crippen LogP contribution in [0, 0.1) is 11.3 Å². The van der Waals surface area contributed by atoms with Crippen molar-refractivity contribution in [2.45, 2.75) is 5.92 Å². The van der Waals surface area contributed by atoms with Gasteiger partial charge in [0, 0.05) is 11.8 Å². The zero-order valence-electron chi connectivity index (χ0n) is 12.9. The first-order chi connectivity index (χ1) is 11.7. The third-order valence-electron chi connectivity index (χ3n) is 3.66. The highest BCUT2D eigenvalue weighted by Gasteiger charge is 2.26. The summed E-state index contributed by atoms with van der Waals surface area (Å²) in [6, 6.07) is 14.4. The second-order valence-corrected chi connectivity index (χ2v) is 5.07. The maximum Gasteiger partial charge on any atom is 0.189 e. The van der Waals surface area contributed by atoms with E-state index in [4.69, 9.17) is 4.74 Å². The van der Waals surface area contributed by atoms with Gasteiger partial charge in [0.2, 0.25) is 0 Å². The number of Topliss-reactive ketones (excluding diaryl/α,β-unsaturated/α-hetero) is 1. The number of nitrogens with zero attached hydrogens (tertiary/aromatic N) is 3. The van der Waals surface area contributed by atoms with E-state index in [0.29, 0.717) is 17.0 Å². The van der Waals surface area contributed by atoms with Crippen LogP contribution < -0.4 is 4.74 Å². The number of nitriles is 1. The van der Waals surface area contributed by atoms with Gasteiger partial charge in [0.1, 0.15) is 5.75 Å². The van der Waals surface area contributed by atoms with Crippen molar-refractivity contribution in [3.05, 3.63) is 66.1 Å². The molecule has 0 aliphatic carbocycles. The van der Waals surface area contributed by atoms with Crippen LogP contribution in [0.3, 0.4) is 0 Å². The van der Waals surface area contributed by atoms with Gasteiger partial charge in [-0.05, 0) is 36.4 Å². The molecule has 6 heteroatoms. The van der Waals surface area contributed by atoms with Crippen LogP contribution in [0.25, 0.3) is 11.3 Å². The Labute approximate surface area is 138 Å². The van der Waals surface area contributed by atoms with Gasteiger partial charge in [0.25, 0.3) is 0 Å². The van der Waals surface area contributed by atoms with Crippen LogP contribution in [0.2, 0.25) is 0 Å². The average molecular weight is 318 g/mol. The molecule has 1 aromatic carbocycles. The van der Waals surface area contributed by atoms with Crippen molar-refractivity contribution >= 4 is 5.78 Å². The van der Waals surface area contributed by atoms with Crippen molar-refractivity contribution in [3.63, 3.8) is 0 Å². The maximum atomic E-state index is 12.8. The van der Waals surface area contributed by atoms with Crippen molar-refractivity contribution in [2.24, 2.45) is 0 Å². The summed E-state index contributed by atoms with van der Waals surface area (Å²) in [5.74, 6) is -0.592. The molecule has 0 saturated heterocycles. The summed E-state index contributed by atoms with van der Waals surface area (Å²) in [6.45, 7) is 0. The van der Waals surface area contributed by atoms with E-state index < -0.39 is 5.92 Å². The molecular weight excluding hydrogens is 304 g/mol. The molecule has 3 rings (SSSR count). The lowest BCUT2D eigenvalue weighted by Crippen LogP contribution is -2.13. The molecule has 118 valence electrons. The molecule has 0 amide bonds. The number of carbonyl (C=O) groups is 1. The molecule has 3 aromatic rings. The van der Waals surface area contributed by atoms with Crippen molar-refractivity contribution < 1.29 is 9.53 Å². The lowest BCUT2D eigenvalue weighted by atomic mass is 9.94. The molecule has 1 atom stereocenters. The fourth-order valence-corrected chi connectivity index (χ4v) is 2.41. The first-order valence-electron chi connectivity index (χ1n) is 7.27. The second-order valence-electron chi connectivity index (χ2n) is 5.07. The Balaban J connectivity index is 1.97. The Hall–Kier alpha value is -3.46. The van der Waals surface area contributed by atoms with Gasteiger partial charge in [-0.25, -0.2) is 0 Å². The molecule has 2 aromatic heterocycles. The minimum atomic E-state index is -0.971. The third kappa shape index (κ3) is 2.88. The van der Waals surface area contributed by atoms with E-state index in [1.165, 1.54) is 6.20 Å². The number of aromatic amines is 1. The van der Waals surface area contributed by atoms with Crippen LogP contribution in [0.15, 0.2) is 54.9 Å². The standard InChI is InChI=1S/C18H14N4O2/c1-24-13-7-5-12(6-8-13)17-15(11-21-22-17)18(23)14(10-19)16-4-2-3-9-20-16/h2-9,11,14H,1H3,(H,21,22). The monoisotopic (exact) mass is 318 g/mol. The van der Waals surface area contributed by atoms with Gasteiger partial charge >= 0.3 is 0 Å². The molecule has 2 heterocycles. The van der Waals surface area contributed by atoms with Gasteiger partial charge < -0.3 is 4.74 Å². The number of methoxy groups -OCH3 is 1. The van der Waals surface area contributed by atoms with Gasteiger partial charge in [-0.15, -0.1) is 0 Å². The van der Waals surface area contributed by atoms with Crippen LogP contribution in [0.1, 0.15) is 22.0 Å². The predicted octanol–water partition coefficient (Wildman–Crippen LogP) is 2.97.